The number of nitrogens with zero attached hydrogens (tertiary/aromatic N) is 4. The van der Waals surface area contributed by atoms with Crippen molar-refractivity contribution in [3.8, 4) is 0 Å². The minimum atomic E-state index is 0.316. The molecule has 5 nitrogen and oxygen atoms in total. The second-order valence-corrected chi connectivity index (χ2v) is 4.91. The lowest BCUT2D eigenvalue weighted by Gasteiger charge is -2.16. The quantitative estimate of drug-likeness (QED) is 0.827. The topological polar surface area (TPSA) is 47.7 Å². The highest BCUT2D eigenvalue weighted by molar-refractivity contribution is 5.07. The van der Waals surface area contributed by atoms with Gasteiger partial charge in [0.05, 0.1) is 11.7 Å². The first-order chi connectivity index (χ1) is 9.20. The molecule has 0 spiro atoms. The van der Waals surface area contributed by atoms with Crippen LogP contribution in [0.15, 0.2) is 24.5 Å². The summed E-state index contributed by atoms with van der Waals surface area (Å²) in [5, 5.41) is 12.3. The number of hydrogen-bond acceptors (Lipinski definition) is 3. The van der Waals surface area contributed by atoms with Gasteiger partial charge >= 0.3 is 0 Å². The first-order valence-corrected chi connectivity index (χ1v) is 6.90. The molecular formula is C14H23N5. The largest absolute Gasteiger partial charge is 0.309 e. The molecule has 1 unspecified atom stereocenters. The van der Waals surface area contributed by atoms with Crippen LogP contribution in [0.3, 0.4) is 0 Å². The van der Waals surface area contributed by atoms with E-state index in [9.17, 15) is 0 Å². The molecule has 0 aliphatic carbocycles. The van der Waals surface area contributed by atoms with E-state index in [1.807, 2.05) is 35.9 Å². The zero-order chi connectivity index (χ0) is 13.7. The molecule has 0 fully saturated rings. The summed E-state index contributed by atoms with van der Waals surface area (Å²) in [6.45, 7) is 3.20. The van der Waals surface area contributed by atoms with Gasteiger partial charge in [-0.3, -0.25) is 9.36 Å². The number of aromatic nitrogens is 4. The maximum absolute atomic E-state index is 4.52. The lowest BCUT2D eigenvalue weighted by atomic mass is 10.1. The van der Waals surface area contributed by atoms with Crippen molar-refractivity contribution >= 4 is 0 Å². The Morgan fingerprint density at radius 1 is 1.32 bits per heavy atom. The van der Waals surface area contributed by atoms with Gasteiger partial charge in [-0.2, -0.15) is 10.2 Å². The number of aryl methyl sites for hydroxylation is 3. The molecule has 0 saturated heterocycles. The molecule has 19 heavy (non-hydrogen) atoms. The van der Waals surface area contributed by atoms with Gasteiger partial charge in [0.25, 0.3) is 0 Å². The Balaban J connectivity index is 1.99. The van der Waals surface area contributed by atoms with Crippen LogP contribution in [-0.2, 0) is 20.5 Å². The molecule has 0 aliphatic rings. The lowest BCUT2D eigenvalue weighted by molar-refractivity contribution is 0.476. The summed E-state index contributed by atoms with van der Waals surface area (Å²) in [4.78, 5) is 0. The Morgan fingerprint density at radius 3 is 2.74 bits per heavy atom. The van der Waals surface area contributed by atoms with Crippen molar-refractivity contribution in [2.75, 3.05) is 6.54 Å². The second-order valence-electron chi connectivity index (χ2n) is 4.91. The highest BCUT2D eigenvalue weighted by Gasteiger charge is 2.14. The molecular weight excluding hydrogens is 238 g/mol. The Bertz CT molecular complexity index is 499. The fourth-order valence-corrected chi connectivity index (χ4v) is 2.23. The predicted octanol–water partition coefficient (Wildman–Crippen LogP) is 1.83. The molecule has 0 aromatic carbocycles. The van der Waals surface area contributed by atoms with Crippen LogP contribution in [0.5, 0.6) is 0 Å². The highest BCUT2D eigenvalue weighted by atomic mass is 15.3. The molecule has 2 aromatic rings. The van der Waals surface area contributed by atoms with Gasteiger partial charge in [0.15, 0.2) is 0 Å². The van der Waals surface area contributed by atoms with Crippen LogP contribution in [-0.4, -0.2) is 26.1 Å². The van der Waals surface area contributed by atoms with Gasteiger partial charge in [0, 0.05) is 32.2 Å². The minimum Gasteiger partial charge on any atom is -0.309 e. The summed E-state index contributed by atoms with van der Waals surface area (Å²) >= 11 is 0. The molecule has 0 bridgehead atoms. The first kappa shape index (κ1) is 13.8. The van der Waals surface area contributed by atoms with Gasteiger partial charge in [-0.25, -0.2) is 0 Å². The Kier molecular flexibility index (Phi) is 4.74. The molecule has 0 aliphatic heterocycles. The molecule has 0 saturated carbocycles. The van der Waals surface area contributed by atoms with E-state index in [-0.39, 0.29) is 0 Å². The molecule has 104 valence electrons. The maximum atomic E-state index is 4.52. The van der Waals surface area contributed by atoms with E-state index >= 15 is 0 Å². The molecule has 0 amide bonds. The van der Waals surface area contributed by atoms with Crippen molar-refractivity contribution in [1.82, 2.24) is 24.9 Å². The van der Waals surface area contributed by atoms with Crippen molar-refractivity contribution in [1.29, 1.82) is 0 Å². The van der Waals surface area contributed by atoms with E-state index in [1.165, 1.54) is 5.69 Å². The zero-order valence-corrected chi connectivity index (χ0v) is 12.0. The molecule has 5 heteroatoms. The SMILES string of the molecule is CCCNC(CCc1ccnn1C)c1ccn(C)n1. The lowest BCUT2D eigenvalue weighted by Crippen LogP contribution is -2.23. The van der Waals surface area contributed by atoms with Crippen LogP contribution >= 0.6 is 0 Å². The smallest absolute Gasteiger partial charge is 0.0793 e. The third kappa shape index (κ3) is 3.67. The van der Waals surface area contributed by atoms with Crippen LogP contribution in [0, 0.1) is 0 Å². The van der Waals surface area contributed by atoms with E-state index < -0.39 is 0 Å². The third-order valence-electron chi connectivity index (χ3n) is 3.34. The minimum absolute atomic E-state index is 0.316. The summed E-state index contributed by atoms with van der Waals surface area (Å²) in [5.74, 6) is 0. The molecule has 2 aromatic heterocycles. The van der Waals surface area contributed by atoms with E-state index in [0.717, 1.165) is 31.5 Å². The van der Waals surface area contributed by atoms with Crippen molar-refractivity contribution in [3.05, 3.63) is 35.9 Å². The first-order valence-electron chi connectivity index (χ1n) is 6.90. The van der Waals surface area contributed by atoms with Gasteiger partial charge in [0.1, 0.15) is 0 Å². The van der Waals surface area contributed by atoms with E-state index in [2.05, 4.69) is 34.6 Å². The van der Waals surface area contributed by atoms with Gasteiger partial charge in [0.2, 0.25) is 0 Å². The molecule has 1 N–H and O–H groups in total. The summed E-state index contributed by atoms with van der Waals surface area (Å²) in [6.07, 6.45) is 7.03. The summed E-state index contributed by atoms with van der Waals surface area (Å²) in [7, 11) is 3.95. The average molecular weight is 261 g/mol. The van der Waals surface area contributed by atoms with Crippen molar-refractivity contribution < 1.29 is 0 Å². The van der Waals surface area contributed by atoms with E-state index in [0.29, 0.717) is 6.04 Å². The summed E-state index contributed by atoms with van der Waals surface area (Å²) < 4.78 is 3.80. The zero-order valence-electron chi connectivity index (χ0n) is 12.0. The number of rotatable bonds is 7. The summed E-state index contributed by atoms with van der Waals surface area (Å²) in [6, 6.07) is 4.49. The Labute approximate surface area is 114 Å². The van der Waals surface area contributed by atoms with E-state index in [1.54, 1.807) is 0 Å². The van der Waals surface area contributed by atoms with Gasteiger partial charge in [-0.1, -0.05) is 6.92 Å². The normalized spacial score (nSPS) is 12.8. The van der Waals surface area contributed by atoms with Gasteiger partial charge in [-0.15, -0.1) is 0 Å². The van der Waals surface area contributed by atoms with Crippen LogP contribution in [0.4, 0.5) is 0 Å². The van der Waals surface area contributed by atoms with E-state index in [4.69, 9.17) is 0 Å². The van der Waals surface area contributed by atoms with Crippen molar-refractivity contribution in [3.63, 3.8) is 0 Å². The fraction of sp³-hybridized carbons (Fsp3) is 0.571. The second kappa shape index (κ2) is 6.52. The van der Waals surface area contributed by atoms with Crippen LogP contribution in [0.1, 0.15) is 37.2 Å². The molecule has 0 radical (unpaired) electrons. The standard InChI is InChI=1S/C14H23N5/c1-4-9-15-13(14-8-11-18(2)17-14)6-5-12-7-10-16-19(12)3/h7-8,10-11,13,15H,4-6,9H2,1-3H3. The van der Waals surface area contributed by atoms with Crippen LogP contribution in [0.25, 0.3) is 0 Å². The van der Waals surface area contributed by atoms with Crippen molar-refractivity contribution in [2.45, 2.75) is 32.2 Å². The van der Waals surface area contributed by atoms with Gasteiger partial charge < -0.3 is 5.32 Å². The van der Waals surface area contributed by atoms with Gasteiger partial charge in [-0.05, 0) is 37.9 Å². The van der Waals surface area contributed by atoms with Crippen LogP contribution < -0.4 is 5.32 Å². The monoisotopic (exact) mass is 261 g/mol. The Hall–Kier alpha value is -1.62. The average Bonchev–Trinajstić information content (AvgIpc) is 2.99. The van der Waals surface area contributed by atoms with Crippen molar-refractivity contribution in [2.24, 2.45) is 14.1 Å². The summed E-state index contributed by atoms with van der Waals surface area (Å²) in [5.41, 5.74) is 2.39. The fourth-order valence-electron chi connectivity index (χ4n) is 2.23. The predicted molar refractivity (Wildman–Crippen MR) is 75.8 cm³/mol. The molecule has 2 heterocycles. The maximum Gasteiger partial charge on any atom is 0.0793 e. The number of nitrogens with one attached hydrogen (secondary N) is 1. The Morgan fingerprint density at radius 2 is 2.16 bits per heavy atom. The van der Waals surface area contributed by atoms with Crippen LogP contribution in [0.2, 0.25) is 0 Å². The third-order valence-corrected chi connectivity index (χ3v) is 3.34. The highest BCUT2D eigenvalue weighted by Crippen LogP contribution is 2.17. The molecule has 2 rings (SSSR count). The molecule has 1 atom stereocenters. The number of hydrogen-bond donors (Lipinski definition) is 1.